The highest BCUT2D eigenvalue weighted by atomic mass is 79.9. The van der Waals surface area contributed by atoms with E-state index in [-0.39, 0.29) is 0 Å². The van der Waals surface area contributed by atoms with Crippen molar-refractivity contribution in [2.75, 3.05) is 6.54 Å². The Morgan fingerprint density at radius 1 is 1.38 bits per heavy atom. The maximum absolute atomic E-state index is 5.33. The van der Waals surface area contributed by atoms with Gasteiger partial charge in [0.15, 0.2) is 4.67 Å². The van der Waals surface area contributed by atoms with Crippen LogP contribution in [-0.4, -0.2) is 6.54 Å². The average Bonchev–Trinajstić information content (AvgIpc) is 2.66. The van der Waals surface area contributed by atoms with Crippen LogP contribution in [0.15, 0.2) is 21.4 Å². The molecule has 0 fully saturated rings. The van der Waals surface area contributed by atoms with Crippen molar-refractivity contribution < 1.29 is 4.42 Å². The standard InChI is InChI=1S/C13H22BrNO/c1-4-6-10(3)12(15-8-5-2)11-7-9-16-13(11)14/h7,9-10,12,15H,4-6,8H2,1-3H3. The van der Waals surface area contributed by atoms with Crippen molar-refractivity contribution in [3.8, 4) is 0 Å². The van der Waals surface area contributed by atoms with Crippen molar-refractivity contribution in [2.24, 2.45) is 5.92 Å². The summed E-state index contributed by atoms with van der Waals surface area (Å²) in [5, 5.41) is 3.61. The number of nitrogens with one attached hydrogen (secondary N) is 1. The molecule has 0 spiro atoms. The van der Waals surface area contributed by atoms with Crippen molar-refractivity contribution in [2.45, 2.75) is 46.1 Å². The van der Waals surface area contributed by atoms with E-state index < -0.39 is 0 Å². The van der Waals surface area contributed by atoms with Gasteiger partial charge >= 0.3 is 0 Å². The Balaban J connectivity index is 2.74. The third-order valence-corrected chi connectivity index (χ3v) is 3.55. The Morgan fingerprint density at radius 3 is 2.62 bits per heavy atom. The zero-order valence-electron chi connectivity index (χ0n) is 10.4. The molecule has 16 heavy (non-hydrogen) atoms. The molecule has 1 aromatic rings. The van der Waals surface area contributed by atoms with Gasteiger partial charge < -0.3 is 9.73 Å². The first-order valence-corrected chi connectivity index (χ1v) is 6.96. The van der Waals surface area contributed by atoms with E-state index in [0.29, 0.717) is 12.0 Å². The molecule has 0 amide bonds. The Labute approximate surface area is 107 Å². The highest BCUT2D eigenvalue weighted by Crippen LogP contribution is 2.31. The Bertz CT molecular complexity index is 298. The summed E-state index contributed by atoms with van der Waals surface area (Å²) >= 11 is 3.47. The second kappa shape index (κ2) is 7.13. The number of rotatable bonds is 7. The fourth-order valence-electron chi connectivity index (χ4n) is 2.07. The summed E-state index contributed by atoms with van der Waals surface area (Å²) in [7, 11) is 0. The van der Waals surface area contributed by atoms with E-state index in [2.05, 4.69) is 48.1 Å². The van der Waals surface area contributed by atoms with E-state index in [1.54, 1.807) is 6.26 Å². The van der Waals surface area contributed by atoms with Gasteiger partial charge in [-0.15, -0.1) is 0 Å². The quantitative estimate of drug-likeness (QED) is 0.798. The molecule has 0 aliphatic rings. The van der Waals surface area contributed by atoms with Crippen LogP contribution in [0.25, 0.3) is 0 Å². The van der Waals surface area contributed by atoms with E-state index in [4.69, 9.17) is 4.42 Å². The van der Waals surface area contributed by atoms with E-state index in [0.717, 1.165) is 17.6 Å². The summed E-state index contributed by atoms with van der Waals surface area (Å²) in [4.78, 5) is 0. The molecule has 2 atom stereocenters. The van der Waals surface area contributed by atoms with Gasteiger partial charge in [0.25, 0.3) is 0 Å². The molecule has 2 unspecified atom stereocenters. The van der Waals surface area contributed by atoms with Crippen LogP contribution in [0.4, 0.5) is 0 Å². The SMILES string of the molecule is CCCNC(c1ccoc1Br)C(C)CCC. The normalized spacial score (nSPS) is 15.0. The third kappa shape index (κ3) is 3.63. The fourth-order valence-corrected chi connectivity index (χ4v) is 2.55. The van der Waals surface area contributed by atoms with Crippen LogP contribution in [0.5, 0.6) is 0 Å². The Hall–Kier alpha value is -0.280. The molecule has 0 bridgehead atoms. The monoisotopic (exact) mass is 287 g/mol. The van der Waals surface area contributed by atoms with Crippen LogP contribution in [0.2, 0.25) is 0 Å². The molecule has 0 aliphatic heterocycles. The van der Waals surface area contributed by atoms with E-state index >= 15 is 0 Å². The summed E-state index contributed by atoms with van der Waals surface area (Å²) in [5.74, 6) is 0.630. The smallest absolute Gasteiger partial charge is 0.173 e. The van der Waals surface area contributed by atoms with Crippen molar-refractivity contribution in [3.63, 3.8) is 0 Å². The minimum absolute atomic E-state index is 0.396. The number of hydrogen-bond acceptors (Lipinski definition) is 2. The maximum atomic E-state index is 5.33. The molecule has 2 nitrogen and oxygen atoms in total. The lowest BCUT2D eigenvalue weighted by Crippen LogP contribution is -2.27. The van der Waals surface area contributed by atoms with Gasteiger partial charge in [-0.05, 0) is 47.3 Å². The van der Waals surface area contributed by atoms with Crippen LogP contribution in [0, 0.1) is 5.92 Å². The van der Waals surface area contributed by atoms with E-state index in [1.165, 1.54) is 18.4 Å². The zero-order chi connectivity index (χ0) is 12.0. The van der Waals surface area contributed by atoms with Crippen LogP contribution < -0.4 is 5.32 Å². The van der Waals surface area contributed by atoms with Crippen LogP contribution >= 0.6 is 15.9 Å². The molecule has 1 rings (SSSR count). The second-order valence-corrected chi connectivity index (χ2v) is 5.07. The molecule has 1 aromatic heterocycles. The van der Waals surface area contributed by atoms with Crippen LogP contribution in [0.3, 0.4) is 0 Å². The average molecular weight is 288 g/mol. The molecule has 92 valence electrons. The summed E-state index contributed by atoms with van der Waals surface area (Å²) in [6.07, 6.45) is 5.36. The van der Waals surface area contributed by atoms with Gasteiger partial charge in [-0.25, -0.2) is 0 Å². The summed E-state index contributed by atoms with van der Waals surface area (Å²) < 4.78 is 6.20. The topological polar surface area (TPSA) is 25.2 Å². The lowest BCUT2D eigenvalue weighted by molar-refractivity contribution is 0.358. The summed E-state index contributed by atoms with van der Waals surface area (Å²) in [6.45, 7) is 7.78. The minimum atomic E-state index is 0.396. The highest BCUT2D eigenvalue weighted by molar-refractivity contribution is 9.10. The molecule has 0 saturated heterocycles. The predicted octanol–water partition coefficient (Wildman–Crippen LogP) is 4.52. The molecule has 1 N–H and O–H groups in total. The molecular formula is C13H22BrNO. The Morgan fingerprint density at radius 2 is 2.12 bits per heavy atom. The van der Waals surface area contributed by atoms with Gasteiger partial charge in [0.05, 0.1) is 6.26 Å². The summed E-state index contributed by atoms with van der Waals surface area (Å²) in [6, 6.07) is 2.46. The largest absolute Gasteiger partial charge is 0.457 e. The molecular weight excluding hydrogens is 266 g/mol. The van der Waals surface area contributed by atoms with Gasteiger partial charge in [0, 0.05) is 11.6 Å². The van der Waals surface area contributed by atoms with Crippen molar-refractivity contribution in [1.29, 1.82) is 0 Å². The summed E-state index contributed by atoms with van der Waals surface area (Å²) in [5.41, 5.74) is 1.24. The Kier molecular flexibility index (Phi) is 6.14. The molecule has 1 heterocycles. The maximum Gasteiger partial charge on any atom is 0.173 e. The van der Waals surface area contributed by atoms with E-state index in [9.17, 15) is 0 Å². The first-order valence-electron chi connectivity index (χ1n) is 6.16. The third-order valence-electron chi connectivity index (χ3n) is 2.91. The van der Waals surface area contributed by atoms with E-state index in [1.807, 2.05) is 0 Å². The van der Waals surface area contributed by atoms with Crippen molar-refractivity contribution >= 4 is 15.9 Å². The number of halogens is 1. The minimum Gasteiger partial charge on any atom is -0.457 e. The van der Waals surface area contributed by atoms with Gasteiger partial charge in [-0.2, -0.15) is 0 Å². The van der Waals surface area contributed by atoms with Gasteiger partial charge in [0.2, 0.25) is 0 Å². The van der Waals surface area contributed by atoms with Crippen molar-refractivity contribution in [1.82, 2.24) is 5.32 Å². The van der Waals surface area contributed by atoms with Crippen LogP contribution in [0.1, 0.15) is 51.6 Å². The molecule has 3 heteroatoms. The second-order valence-electron chi connectivity index (χ2n) is 4.35. The van der Waals surface area contributed by atoms with Crippen molar-refractivity contribution in [3.05, 3.63) is 22.6 Å². The lowest BCUT2D eigenvalue weighted by atomic mass is 9.92. The molecule has 0 radical (unpaired) electrons. The molecule has 0 saturated carbocycles. The first kappa shape index (κ1) is 13.8. The van der Waals surface area contributed by atoms with Gasteiger partial charge in [-0.1, -0.05) is 27.2 Å². The highest BCUT2D eigenvalue weighted by Gasteiger charge is 2.21. The fraction of sp³-hybridized carbons (Fsp3) is 0.692. The number of hydrogen-bond donors (Lipinski definition) is 1. The van der Waals surface area contributed by atoms with Gasteiger partial charge in [0.1, 0.15) is 0 Å². The number of furan rings is 1. The predicted molar refractivity (Wildman–Crippen MR) is 71.5 cm³/mol. The lowest BCUT2D eigenvalue weighted by Gasteiger charge is -2.24. The van der Waals surface area contributed by atoms with Crippen LogP contribution in [-0.2, 0) is 0 Å². The van der Waals surface area contributed by atoms with Gasteiger partial charge in [-0.3, -0.25) is 0 Å². The molecule has 0 aliphatic carbocycles. The molecule has 0 aromatic carbocycles. The first-order chi connectivity index (χ1) is 7.70. The zero-order valence-corrected chi connectivity index (χ0v) is 12.0.